The molecule has 0 spiro atoms. The number of carbonyl (C=O) groups is 1. The minimum absolute atomic E-state index is 0.259. The molecule has 0 atom stereocenters. The summed E-state index contributed by atoms with van der Waals surface area (Å²) in [6, 6.07) is 14.9. The van der Waals surface area contributed by atoms with Crippen LogP contribution in [0.1, 0.15) is 5.56 Å². The van der Waals surface area contributed by atoms with Gasteiger partial charge in [0.15, 0.2) is 0 Å². The predicted molar refractivity (Wildman–Crippen MR) is 95.7 cm³/mol. The van der Waals surface area contributed by atoms with Crippen molar-refractivity contribution in [1.82, 2.24) is 5.32 Å². The van der Waals surface area contributed by atoms with E-state index in [4.69, 9.17) is 9.47 Å². The Labute approximate surface area is 142 Å². The molecule has 0 aliphatic heterocycles. The molecule has 0 aromatic heterocycles. The zero-order valence-electron chi connectivity index (χ0n) is 14.0. The summed E-state index contributed by atoms with van der Waals surface area (Å²) in [5.74, 6) is 0.698. The van der Waals surface area contributed by atoms with Gasteiger partial charge in [-0.1, -0.05) is 18.2 Å². The van der Waals surface area contributed by atoms with Crippen molar-refractivity contribution in [3.05, 3.63) is 54.1 Å². The fraction of sp³-hybridized carbons (Fsp3) is 0.278. The number of ether oxygens (including phenoxy) is 2. The fourth-order valence-electron chi connectivity index (χ4n) is 2.10. The van der Waals surface area contributed by atoms with Crippen molar-refractivity contribution in [2.24, 2.45) is 0 Å². The second kappa shape index (κ2) is 9.42. The molecule has 0 saturated carbocycles. The van der Waals surface area contributed by atoms with Gasteiger partial charge in [0.2, 0.25) is 0 Å². The van der Waals surface area contributed by atoms with Crippen LogP contribution in [0.5, 0.6) is 5.75 Å². The third-order valence-corrected chi connectivity index (χ3v) is 3.37. The highest BCUT2D eigenvalue weighted by molar-refractivity contribution is 5.89. The van der Waals surface area contributed by atoms with Crippen LogP contribution in [0.3, 0.4) is 0 Å². The number of carbonyl (C=O) groups excluding carboxylic acids is 1. The average Bonchev–Trinajstić information content (AvgIpc) is 2.61. The number of benzene rings is 2. The van der Waals surface area contributed by atoms with Crippen LogP contribution >= 0.6 is 0 Å². The van der Waals surface area contributed by atoms with Crippen molar-refractivity contribution in [3.8, 4) is 5.75 Å². The third-order valence-electron chi connectivity index (χ3n) is 3.37. The molecular weight excluding hydrogens is 306 g/mol. The molecule has 128 valence electrons. The maximum Gasteiger partial charge on any atom is 0.319 e. The summed E-state index contributed by atoms with van der Waals surface area (Å²) in [4.78, 5) is 11.9. The van der Waals surface area contributed by atoms with Crippen molar-refractivity contribution < 1.29 is 14.3 Å². The molecule has 3 N–H and O–H groups in total. The summed E-state index contributed by atoms with van der Waals surface area (Å²) in [5.41, 5.74) is 2.73. The molecule has 0 unspecified atom stereocenters. The lowest BCUT2D eigenvalue weighted by Crippen LogP contribution is -2.28. The SMILES string of the molecule is COCCNc1ccc(CNC(=O)Nc2cccc(OC)c2)cc1. The number of nitrogens with one attached hydrogen (secondary N) is 3. The fourth-order valence-corrected chi connectivity index (χ4v) is 2.10. The molecule has 2 aromatic rings. The molecule has 0 aliphatic carbocycles. The van der Waals surface area contributed by atoms with E-state index >= 15 is 0 Å². The van der Waals surface area contributed by atoms with Crippen molar-refractivity contribution in [2.75, 3.05) is 38.0 Å². The number of urea groups is 1. The minimum atomic E-state index is -0.259. The Morgan fingerprint density at radius 1 is 1.04 bits per heavy atom. The Morgan fingerprint density at radius 3 is 2.54 bits per heavy atom. The smallest absolute Gasteiger partial charge is 0.319 e. The number of hydrogen-bond acceptors (Lipinski definition) is 4. The van der Waals surface area contributed by atoms with Crippen molar-refractivity contribution in [2.45, 2.75) is 6.54 Å². The number of amides is 2. The van der Waals surface area contributed by atoms with Gasteiger partial charge in [-0.05, 0) is 29.8 Å². The van der Waals surface area contributed by atoms with Crippen LogP contribution in [-0.4, -0.2) is 33.4 Å². The number of rotatable bonds is 8. The van der Waals surface area contributed by atoms with Gasteiger partial charge >= 0.3 is 6.03 Å². The van der Waals surface area contributed by atoms with E-state index in [1.807, 2.05) is 42.5 Å². The van der Waals surface area contributed by atoms with Crippen molar-refractivity contribution in [1.29, 1.82) is 0 Å². The summed E-state index contributed by atoms with van der Waals surface area (Å²) >= 11 is 0. The summed E-state index contributed by atoms with van der Waals surface area (Å²) in [5, 5.41) is 8.85. The van der Waals surface area contributed by atoms with E-state index in [0.717, 1.165) is 17.8 Å². The van der Waals surface area contributed by atoms with Gasteiger partial charge in [-0.15, -0.1) is 0 Å². The largest absolute Gasteiger partial charge is 0.497 e. The van der Waals surface area contributed by atoms with E-state index in [0.29, 0.717) is 24.6 Å². The number of methoxy groups -OCH3 is 2. The Hall–Kier alpha value is -2.73. The average molecular weight is 329 g/mol. The summed E-state index contributed by atoms with van der Waals surface area (Å²) in [7, 11) is 3.26. The second-order valence-corrected chi connectivity index (χ2v) is 5.16. The highest BCUT2D eigenvalue weighted by Crippen LogP contribution is 2.16. The van der Waals surface area contributed by atoms with Crippen LogP contribution in [0.2, 0.25) is 0 Å². The van der Waals surface area contributed by atoms with Crippen LogP contribution in [0.4, 0.5) is 16.2 Å². The molecular formula is C18H23N3O3. The third kappa shape index (κ3) is 5.81. The molecule has 6 heteroatoms. The van der Waals surface area contributed by atoms with Gasteiger partial charge in [-0.25, -0.2) is 4.79 Å². The predicted octanol–water partition coefficient (Wildman–Crippen LogP) is 3.08. The number of hydrogen-bond donors (Lipinski definition) is 3. The standard InChI is InChI=1S/C18H23N3O3/c1-23-11-10-19-15-8-6-14(7-9-15)13-20-18(22)21-16-4-3-5-17(12-16)24-2/h3-9,12,19H,10-11,13H2,1-2H3,(H2,20,21,22). The first kappa shape index (κ1) is 17.6. The molecule has 0 heterocycles. The molecule has 2 aromatic carbocycles. The molecule has 0 bridgehead atoms. The van der Waals surface area contributed by atoms with Gasteiger partial charge in [0.05, 0.1) is 13.7 Å². The lowest BCUT2D eigenvalue weighted by Gasteiger charge is -2.10. The Morgan fingerprint density at radius 2 is 1.83 bits per heavy atom. The van der Waals surface area contributed by atoms with Gasteiger partial charge in [-0.2, -0.15) is 0 Å². The monoisotopic (exact) mass is 329 g/mol. The van der Waals surface area contributed by atoms with Gasteiger partial charge in [0.1, 0.15) is 5.75 Å². The van der Waals surface area contributed by atoms with Crippen LogP contribution in [-0.2, 0) is 11.3 Å². The molecule has 2 amide bonds. The molecule has 2 rings (SSSR count). The zero-order chi connectivity index (χ0) is 17.2. The van der Waals surface area contributed by atoms with Crippen LogP contribution < -0.4 is 20.7 Å². The van der Waals surface area contributed by atoms with E-state index in [1.165, 1.54) is 0 Å². The second-order valence-electron chi connectivity index (χ2n) is 5.16. The van der Waals surface area contributed by atoms with E-state index in [-0.39, 0.29) is 6.03 Å². The molecule has 24 heavy (non-hydrogen) atoms. The van der Waals surface area contributed by atoms with E-state index in [1.54, 1.807) is 20.3 Å². The molecule has 6 nitrogen and oxygen atoms in total. The maximum absolute atomic E-state index is 11.9. The van der Waals surface area contributed by atoms with E-state index in [9.17, 15) is 4.79 Å². The van der Waals surface area contributed by atoms with Crippen LogP contribution in [0, 0.1) is 0 Å². The first-order chi connectivity index (χ1) is 11.7. The molecule has 0 saturated heterocycles. The van der Waals surface area contributed by atoms with E-state index in [2.05, 4.69) is 16.0 Å². The summed E-state index contributed by atoms with van der Waals surface area (Å²) < 4.78 is 10.1. The van der Waals surface area contributed by atoms with Gasteiger partial charge in [0, 0.05) is 37.6 Å². The molecule has 0 radical (unpaired) electrons. The normalized spacial score (nSPS) is 10.1. The van der Waals surface area contributed by atoms with E-state index < -0.39 is 0 Å². The lowest BCUT2D eigenvalue weighted by molar-refractivity contribution is 0.211. The Kier molecular flexibility index (Phi) is 6.91. The van der Waals surface area contributed by atoms with Gasteiger partial charge in [-0.3, -0.25) is 0 Å². The summed E-state index contributed by atoms with van der Waals surface area (Å²) in [6.45, 7) is 1.87. The topological polar surface area (TPSA) is 71.6 Å². The Balaban J connectivity index is 1.78. The molecule has 0 fully saturated rings. The molecule has 0 aliphatic rings. The van der Waals surface area contributed by atoms with Gasteiger partial charge < -0.3 is 25.4 Å². The maximum atomic E-state index is 11.9. The first-order valence-electron chi connectivity index (χ1n) is 7.72. The summed E-state index contributed by atoms with van der Waals surface area (Å²) in [6.07, 6.45) is 0. The minimum Gasteiger partial charge on any atom is -0.497 e. The highest BCUT2D eigenvalue weighted by atomic mass is 16.5. The quantitative estimate of drug-likeness (QED) is 0.651. The Bertz CT molecular complexity index is 644. The van der Waals surface area contributed by atoms with Crippen LogP contribution in [0.25, 0.3) is 0 Å². The number of anilines is 2. The highest BCUT2D eigenvalue weighted by Gasteiger charge is 2.03. The first-order valence-corrected chi connectivity index (χ1v) is 7.72. The van der Waals surface area contributed by atoms with Crippen molar-refractivity contribution in [3.63, 3.8) is 0 Å². The van der Waals surface area contributed by atoms with Crippen molar-refractivity contribution >= 4 is 17.4 Å². The lowest BCUT2D eigenvalue weighted by atomic mass is 10.2. The van der Waals surface area contributed by atoms with Crippen LogP contribution in [0.15, 0.2) is 48.5 Å². The zero-order valence-corrected chi connectivity index (χ0v) is 14.0. The van der Waals surface area contributed by atoms with Gasteiger partial charge in [0.25, 0.3) is 0 Å².